The number of amides is 1. The maximum atomic E-state index is 12.7. The van der Waals surface area contributed by atoms with E-state index in [1.54, 1.807) is 23.1 Å². The van der Waals surface area contributed by atoms with Crippen molar-refractivity contribution in [2.45, 2.75) is 48.0 Å². The molecule has 1 amide bonds. The highest BCUT2D eigenvalue weighted by Crippen LogP contribution is 2.30. The molecule has 1 aromatic rings. The Morgan fingerprint density at radius 1 is 1.21 bits per heavy atom. The van der Waals surface area contributed by atoms with Crippen LogP contribution in [-0.4, -0.2) is 40.0 Å². The van der Waals surface area contributed by atoms with Gasteiger partial charge >= 0.3 is 6.09 Å². The van der Waals surface area contributed by atoms with Crippen LogP contribution < -0.4 is 5.32 Å². The zero-order valence-electron chi connectivity index (χ0n) is 15.7. The largest absolute Gasteiger partial charge is 0.445 e. The van der Waals surface area contributed by atoms with Gasteiger partial charge in [-0.05, 0) is 31.0 Å². The van der Waals surface area contributed by atoms with E-state index < -0.39 is 9.89 Å². The van der Waals surface area contributed by atoms with Gasteiger partial charge in [0.05, 0.1) is 16.1 Å². The number of halogens is 6. The Hall–Kier alpha value is -0.230. The number of hydrogen-bond donors (Lipinski definition) is 1. The van der Waals surface area contributed by atoms with Crippen LogP contribution in [0.1, 0.15) is 32.1 Å². The first-order valence-corrected chi connectivity index (χ1v) is 10.9. The lowest BCUT2D eigenvalue weighted by Gasteiger charge is -2.36. The molecule has 0 saturated heterocycles. The van der Waals surface area contributed by atoms with Crippen molar-refractivity contribution in [3.8, 4) is 0 Å². The van der Waals surface area contributed by atoms with Gasteiger partial charge in [0.1, 0.15) is 6.61 Å². The molecule has 0 unspecified atom stereocenters. The molecule has 0 heterocycles. The lowest BCUT2D eigenvalue weighted by molar-refractivity contribution is 0.0866. The van der Waals surface area contributed by atoms with Gasteiger partial charge in [-0.1, -0.05) is 83.3 Å². The molecule has 10 heteroatoms. The zero-order valence-corrected chi connectivity index (χ0v) is 20.3. The molecule has 1 fully saturated rings. The molecule has 1 aliphatic rings. The van der Waals surface area contributed by atoms with Crippen molar-refractivity contribution in [3.63, 3.8) is 0 Å². The van der Waals surface area contributed by atoms with E-state index in [-0.39, 0.29) is 31.1 Å². The predicted octanol–water partition coefficient (Wildman–Crippen LogP) is 7.52. The molecule has 0 aromatic heterocycles. The Kier molecular flexibility index (Phi) is 11.6. The number of anilines is 1. The average molecular weight is 525 g/mol. The van der Waals surface area contributed by atoms with Crippen molar-refractivity contribution in [3.05, 3.63) is 40.9 Å². The van der Waals surface area contributed by atoms with E-state index >= 15 is 0 Å². The number of alkyl halides is 3. The van der Waals surface area contributed by atoms with Gasteiger partial charge in [0.25, 0.3) is 0 Å². The summed E-state index contributed by atoms with van der Waals surface area (Å²) in [6.07, 6.45) is 6.03. The molecule has 2 atom stereocenters. The first-order valence-electron chi connectivity index (χ1n) is 9.04. The molecule has 1 saturated carbocycles. The van der Waals surface area contributed by atoms with E-state index in [0.29, 0.717) is 16.6 Å². The van der Waals surface area contributed by atoms with E-state index in [1.807, 2.05) is 6.07 Å². The van der Waals surface area contributed by atoms with Crippen LogP contribution >= 0.6 is 70.4 Å². The summed E-state index contributed by atoms with van der Waals surface area (Å²) in [5.74, 6) is 0. The van der Waals surface area contributed by atoms with Gasteiger partial charge in [0, 0.05) is 18.3 Å². The summed E-state index contributed by atoms with van der Waals surface area (Å²) < 4.78 is 3.57. The summed E-state index contributed by atoms with van der Waals surface area (Å²) in [7, 11) is 0. The highest BCUT2D eigenvalue weighted by molar-refractivity contribution is 6.67. The maximum Gasteiger partial charge on any atom is 0.410 e. The van der Waals surface area contributed by atoms with Gasteiger partial charge < -0.3 is 10.1 Å². The maximum absolute atomic E-state index is 12.7. The molecule has 0 aliphatic heterocycles. The van der Waals surface area contributed by atoms with Gasteiger partial charge in [0.2, 0.25) is 3.79 Å². The highest BCUT2D eigenvalue weighted by atomic mass is 35.6. The van der Waals surface area contributed by atoms with E-state index in [2.05, 4.69) is 11.9 Å². The van der Waals surface area contributed by atoms with Gasteiger partial charge in [-0.3, -0.25) is 4.90 Å². The second-order valence-electron chi connectivity index (χ2n) is 6.70. The summed E-state index contributed by atoms with van der Waals surface area (Å²) in [6.45, 7) is 3.78. The quantitative estimate of drug-likeness (QED) is 0.237. The number of nitrogens with zero attached hydrogens (tertiary/aromatic N) is 1. The third-order valence-corrected chi connectivity index (χ3v) is 5.64. The standard InChI is InChI=1S/C19H23Cl5N2O2.ClH/c1-2-10-26(18(27)28-12-19(22,23)24)17-7-5-3-4-6-16(17)25-13-8-9-14(20)15(21)11-13;/h2,8-9,11,16-17,25H,1,3-7,10,12H2;1H/t16-,17-;/m1./s1. The van der Waals surface area contributed by atoms with E-state index in [1.165, 1.54) is 0 Å². The van der Waals surface area contributed by atoms with Crippen molar-refractivity contribution in [1.29, 1.82) is 0 Å². The van der Waals surface area contributed by atoms with Gasteiger partial charge in [-0.25, -0.2) is 4.79 Å². The van der Waals surface area contributed by atoms with Crippen LogP contribution in [0, 0.1) is 0 Å². The number of rotatable bonds is 6. The summed E-state index contributed by atoms with van der Waals surface area (Å²) in [5.41, 5.74) is 0.847. The molecule has 4 nitrogen and oxygen atoms in total. The van der Waals surface area contributed by atoms with Crippen LogP contribution in [0.3, 0.4) is 0 Å². The predicted molar refractivity (Wildman–Crippen MR) is 127 cm³/mol. The molecule has 164 valence electrons. The monoisotopic (exact) mass is 522 g/mol. The molecule has 0 bridgehead atoms. The first kappa shape index (κ1) is 26.8. The van der Waals surface area contributed by atoms with Crippen LogP contribution in [0.25, 0.3) is 0 Å². The molecular formula is C19H24Cl6N2O2. The molecule has 29 heavy (non-hydrogen) atoms. The number of carbonyl (C=O) groups is 1. The third-order valence-electron chi connectivity index (χ3n) is 4.57. The van der Waals surface area contributed by atoms with E-state index in [4.69, 9.17) is 62.7 Å². The summed E-state index contributed by atoms with van der Waals surface area (Å²) in [5, 5.41) is 4.47. The summed E-state index contributed by atoms with van der Waals surface area (Å²) >= 11 is 29.3. The van der Waals surface area contributed by atoms with Gasteiger partial charge in [-0.15, -0.1) is 19.0 Å². The Bertz CT molecular complexity index is 683. The normalized spacial score (nSPS) is 19.5. The minimum atomic E-state index is -1.66. The smallest absolute Gasteiger partial charge is 0.410 e. The molecule has 1 N–H and O–H groups in total. The number of nitrogens with one attached hydrogen (secondary N) is 1. The first-order chi connectivity index (χ1) is 13.2. The summed E-state index contributed by atoms with van der Waals surface area (Å²) in [6, 6.07) is 5.31. The van der Waals surface area contributed by atoms with E-state index in [9.17, 15) is 4.79 Å². The Morgan fingerprint density at radius 2 is 1.90 bits per heavy atom. The van der Waals surface area contributed by atoms with E-state index in [0.717, 1.165) is 37.8 Å². The van der Waals surface area contributed by atoms with Crippen molar-refractivity contribution in [2.75, 3.05) is 18.5 Å². The van der Waals surface area contributed by atoms with Crippen molar-refractivity contribution < 1.29 is 9.53 Å². The molecule has 2 rings (SSSR count). The molecule has 1 aliphatic carbocycles. The number of carbonyl (C=O) groups excluding carboxylic acids is 1. The van der Waals surface area contributed by atoms with Crippen molar-refractivity contribution in [2.24, 2.45) is 0 Å². The fourth-order valence-electron chi connectivity index (χ4n) is 3.34. The molecule has 1 aromatic carbocycles. The van der Waals surface area contributed by atoms with Crippen molar-refractivity contribution >= 4 is 82.2 Å². The van der Waals surface area contributed by atoms with Crippen LogP contribution in [0.15, 0.2) is 30.9 Å². The minimum Gasteiger partial charge on any atom is -0.445 e. The third kappa shape index (κ3) is 8.80. The van der Waals surface area contributed by atoms with Crippen LogP contribution in [-0.2, 0) is 4.74 Å². The summed E-state index contributed by atoms with van der Waals surface area (Å²) in [4.78, 5) is 14.3. The SMILES string of the molecule is C=CCN(C(=O)OCC(Cl)(Cl)Cl)[C@@H]1CCCCC[C@H]1Nc1ccc(Cl)c(Cl)c1.Cl. The Labute approximate surface area is 203 Å². The minimum absolute atomic E-state index is 0. The zero-order chi connectivity index (χ0) is 20.7. The van der Waals surface area contributed by atoms with Crippen molar-refractivity contribution in [1.82, 2.24) is 4.90 Å². The lowest BCUT2D eigenvalue weighted by Crippen LogP contribution is -2.50. The topological polar surface area (TPSA) is 41.6 Å². The fourth-order valence-corrected chi connectivity index (χ4v) is 3.80. The van der Waals surface area contributed by atoms with Crippen LogP contribution in [0.2, 0.25) is 10.0 Å². The van der Waals surface area contributed by atoms with Gasteiger partial charge in [0.15, 0.2) is 0 Å². The molecule has 0 radical (unpaired) electrons. The number of hydrogen-bond acceptors (Lipinski definition) is 3. The Morgan fingerprint density at radius 3 is 2.52 bits per heavy atom. The molecular weight excluding hydrogens is 501 g/mol. The number of ether oxygens (including phenoxy) is 1. The molecule has 0 spiro atoms. The lowest BCUT2D eigenvalue weighted by atomic mass is 10.0. The van der Waals surface area contributed by atoms with Crippen LogP contribution in [0.4, 0.5) is 10.5 Å². The second kappa shape index (κ2) is 12.6. The van der Waals surface area contributed by atoms with Crippen LogP contribution in [0.5, 0.6) is 0 Å². The Balaban J connectivity index is 0.00000420. The highest BCUT2D eigenvalue weighted by Gasteiger charge is 2.33. The van der Waals surface area contributed by atoms with Gasteiger partial charge in [-0.2, -0.15) is 0 Å². The number of benzene rings is 1. The second-order valence-corrected chi connectivity index (χ2v) is 10.0. The fraction of sp³-hybridized carbons (Fsp3) is 0.526. The average Bonchev–Trinajstić information content (AvgIpc) is 2.85.